The Kier molecular flexibility index (Phi) is 17.8. The first-order chi connectivity index (χ1) is 11.2. The molecule has 0 amide bonds. The molecule has 0 saturated heterocycles. The number of hydrogen-bond donors (Lipinski definition) is 0. The zero-order chi connectivity index (χ0) is 18.3. The molecule has 130 valence electrons. The quantitative estimate of drug-likeness (QED) is 0.340. The fraction of sp³-hybridized carbons (Fsp3) is 0.286. The zero-order valence-corrected chi connectivity index (χ0v) is 20.4. The smallest absolute Gasteiger partial charge is 0.548 e. The first kappa shape index (κ1) is 31.2. The SMILES string of the molecule is O=C([O-])CN(CC(=O)[O-])c1ccccc1N(CC(=O)[O-])CC(=O)[O-].[Mg+2].[Na+].[Na+]. The van der Waals surface area contributed by atoms with E-state index in [0.29, 0.717) is 0 Å². The summed E-state index contributed by atoms with van der Waals surface area (Å²) in [5.41, 5.74) is -0.0400. The van der Waals surface area contributed by atoms with Crippen LogP contribution in [0.2, 0.25) is 0 Å². The minimum atomic E-state index is -1.59. The maximum atomic E-state index is 10.8. The van der Waals surface area contributed by atoms with Gasteiger partial charge in [0, 0.05) is 0 Å². The number of rotatable bonds is 10. The molecule has 10 nitrogen and oxygen atoms in total. The first-order valence-electron chi connectivity index (χ1n) is 6.59. The van der Waals surface area contributed by atoms with Crippen LogP contribution in [0, 0.1) is 0 Å². The van der Waals surface area contributed by atoms with Gasteiger partial charge in [-0.05, 0) is 12.1 Å². The molecule has 0 saturated carbocycles. The van der Waals surface area contributed by atoms with Gasteiger partial charge in [0.05, 0.1) is 61.4 Å². The Morgan fingerprint density at radius 1 is 0.630 bits per heavy atom. The maximum Gasteiger partial charge on any atom is 2.00 e. The average Bonchev–Trinajstić information content (AvgIpc) is 2.44. The van der Waals surface area contributed by atoms with Crippen LogP contribution in [0.15, 0.2) is 24.3 Å². The van der Waals surface area contributed by atoms with Crippen LogP contribution in [0.4, 0.5) is 11.4 Å². The topological polar surface area (TPSA) is 167 Å². The Balaban J connectivity index is -0.00000192. The summed E-state index contributed by atoms with van der Waals surface area (Å²) in [6.45, 7) is -3.30. The Morgan fingerprint density at radius 2 is 0.852 bits per heavy atom. The number of nitrogens with zero attached hydrogens (tertiary/aromatic N) is 2. The van der Waals surface area contributed by atoms with Crippen LogP contribution >= 0.6 is 0 Å². The van der Waals surface area contributed by atoms with Gasteiger partial charge in [-0.3, -0.25) is 0 Å². The third-order valence-electron chi connectivity index (χ3n) is 2.84. The molecule has 1 rings (SSSR count). The normalized spacial score (nSPS) is 8.89. The van der Waals surface area contributed by atoms with Gasteiger partial charge in [-0.1, -0.05) is 12.1 Å². The van der Waals surface area contributed by atoms with E-state index < -0.39 is 50.1 Å². The Bertz CT molecular complexity index is 575. The van der Waals surface area contributed by atoms with E-state index in [9.17, 15) is 39.6 Å². The van der Waals surface area contributed by atoms with Crippen LogP contribution in [0.1, 0.15) is 0 Å². The summed E-state index contributed by atoms with van der Waals surface area (Å²) in [6, 6.07) is 5.48. The molecule has 0 atom stereocenters. The first-order valence-corrected chi connectivity index (χ1v) is 6.59. The van der Waals surface area contributed by atoms with Gasteiger partial charge in [0.15, 0.2) is 0 Å². The molecule has 0 radical (unpaired) electrons. The standard InChI is InChI=1S/C14H16N2O8.Mg.2Na/c17-11(18)5-15(6-12(19)20)9-3-1-2-4-10(9)16(7-13(21)22)8-14(23)24;;;/h1-4H,5-8H2,(H,17,18)(H,19,20)(H,21,22)(H,23,24);;;/q;+2;2*+1/p-4. The average molecular weight is 407 g/mol. The van der Waals surface area contributed by atoms with Crippen LogP contribution in [0.5, 0.6) is 0 Å². The van der Waals surface area contributed by atoms with E-state index in [-0.39, 0.29) is 93.5 Å². The fourth-order valence-electron chi connectivity index (χ4n) is 2.07. The van der Waals surface area contributed by atoms with Crippen molar-refractivity contribution in [2.45, 2.75) is 0 Å². The van der Waals surface area contributed by atoms with Gasteiger partial charge < -0.3 is 49.4 Å². The second-order valence-corrected chi connectivity index (χ2v) is 4.69. The molecule has 1 aromatic carbocycles. The van der Waals surface area contributed by atoms with Crippen LogP contribution in [-0.2, 0) is 19.2 Å². The Hall–Kier alpha value is -0.534. The van der Waals surface area contributed by atoms with E-state index in [1.165, 1.54) is 24.3 Å². The summed E-state index contributed by atoms with van der Waals surface area (Å²) >= 11 is 0. The third-order valence-corrected chi connectivity index (χ3v) is 2.84. The molecule has 13 heteroatoms. The summed E-state index contributed by atoms with van der Waals surface area (Å²) in [5, 5.41) is 43.3. The van der Waals surface area contributed by atoms with E-state index in [4.69, 9.17) is 0 Å². The molecule has 0 aromatic heterocycles. The summed E-state index contributed by atoms with van der Waals surface area (Å²) < 4.78 is 0. The van der Waals surface area contributed by atoms with E-state index in [1.54, 1.807) is 0 Å². The predicted octanol–water partition coefficient (Wildman–Crippen LogP) is -12.1. The van der Waals surface area contributed by atoms with E-state index in [1.807, 2.05) is 0 Å². The van der Waals surface area contributed by atoms with Gasteiger partial charge in [0.25, 0.3) is 0 Å². The number of anilines is 2. The van der Waals surface area contributed by atoms with Gasteiger partial charge in [-0.2, -0.15) is 0 Å². The molecule has 0 fully saturated rings. The number of hydrogen-bond acceptors (Lipinski definition) is 10. The molecule has 0 aliphatic carbocycles. The second-order valence-electron chi connectivity index (χ2n) is 4.69. The van der Waals surface area contributed by atoms with Crippen molar-refractivity contribution in [2.75, 3.05) is 36.0 Å². The number of carboxylic acids is 4. The molecule has 0 spiro atoms. The number of carbonyl (C=O) groups excluding carboxylic acids is 4. The van der Waals surface area contributed by atoms with Crippen molar-refractivity contribution in [3.05, 3.63) is 24.3 Å². The number of para-hydroxylation sites is 2. The fourth-order valence-corrected chi connectivity index (χ4v) is 2.07. The number of benzene rings is 1. The second kappa shape index (κ2) is 15.4. The molecule has 27 heavy (non-hydrogen) atoms. The van der Waals surface area contributed by atoms with Crippen molar-refractivity contribution in [3.63, 3.8) is 0 Å². The van der Waals surface area contributed by atoms with E-state index >= 15 is 0 Å². The van der Waals surface area contributed by atoms with Crippen molar-refractivity contribution >= 4 is 58.3 Å². The van der Waals surface area contributed by atoms with Crippen molar-refractivity contribution in [3.8, 4) is 0 Å². The zero-order valence-electron chi connectivity index (χ0n) is 15.0. The van der Waals surface area contributed by atoms with Gasteiger partial charge in [0.1, 0.15) is 0 Å². The van der Waals surface area contributed by atoms with Crippen LogP contribution in [0.3, 0.4) is 0 Å². The number of carboxylic acid groups (broad SMARTS) is 4. The van der Waals surface area contributed by atoms with E-state index in [2.05, 4.69) is 0 Å². The molecule has 1 aromatic rings. The molecular formula is C14H12MgN2Na2O8. The van der Waals surface area contributed by atoms with Crippen LogP contribution in [0.25, 0.3) is 0 Å². The number of carbonyl (C=O) groups is 4. The van der Waals surface area contributed by atoms with Crippen molar-refractivity contribution in [2.24, 2.45) is 0 Å². The van der Waals surface area contributed by atoms with Crippen molar-refractivity contribution in [1.82, 2.24) is 0 Å². The van der Waals surface area contributed by atoms with E-state index in [0.717, 1.165) is 9.80 Å². The molecule has 0 unspecified atom stereocenters. The minimum absolute atomic E-state index is 0. The van der Waals surface area contributed by atoms with Crippen LogP contribution < -0.4 is 89.3 Å². The monoisotopic (exact) mass is 406 g/mol. The summed E-state index contributed by atoms with van der Waals surface area (Å²) in [6.07, 6.45) is 0. The molecule has 0 aliphatic rings. The van der Waals surface area contributed by atoms with Crippen molar-refractivity contribution < 1.29 is 98.7 Å². The van der Waals surface area contributed by atoms with Crippen LogP contribution in [-0.4, -0.2) is 73.1 Å². The number of aliphatic carboxylic acids is 4. The molecule has 0 heterocycles. The predicted molar refractivity (Wildman–Crippen MR) is 76.7 cm³/mol. The van der Waals surface area contributed by atoms with Gasteiger partial charge in [-0.25, -0.2) is 0 Å². The third kappa shape index (κ3) is 11.8. The summed E-state index contributed by atoms with van der Waals surface area (Å²) in [4.78, 5) is 44.9. The van der Waals surface area contributed by atoms with Crippen molar-refractivity contribution in [1.29, 1.82) is 0 Å². The summed E-state index contributed by atoms with van der Waals surface area (Å²) in [7, 11) is 0. The Labute approximate surface area is 215 Å². The molecular weight excluding hydrogens is 394 g/mol. The maximum absolute atomic E-state index is 10.8. The molecule has 0 aliphatic heterocycles. The van der Waals surface area contributed by atoms with Gasteiger partial charge in [0.2, 0.25) is 0 Å². The van der Waals surface area contributed by atoms with Gasteiger partial charge >= 0.3 is 82.2 Å². The summed E-state index contributed by atoms with van der Waals surface area (Å²) in [5.74, 6) is -6.34. The largest absolute Gasteiger partial charge is 2.00 e. The molecule has 0 N–H and O–H groups in total. The molecule has 0 bridgehead atoms. The Morgan fingerprint density at radius 3 is 1.04 bits per heavy atom. The van der Waals surface area contributed by atoms with Gasteiger partial charge in [-0.15, -0.1) is 0 Å². The minimum Gasteiger partial charge on any atom is -0.548 e.